The number of aromatic nitrogens is 3. The number of halogens is 2. The zero-order valence-electron chi connectivity index (χ0n) is 19.3. The molecule has 1 amide bonds. The minimum Gasteiger partial charge on any atom is -0.283 e. The molecule has 1 N–H and O–H groups in total. The maximum Gasteiger partial charge on any atom is 0.286 e. The molecule has 5 rings (SSSR count). The minimum absolute atomic E-state index is 0.220. The Morgan fingerprint density at radius 2 is 1.54 bits per heavy atom. The van der Waals surface area contributed by atoms with Gasteiger partial charge in [0.2, 0.25) is 0 Å². The molecular weight excluding hydrogens is 481 g/mol. The Balaban J connectivity index is 1.57. The molecule has 35 heavy (non-hydrogen) atoms. The molecule has 1 fully saturated rings. The Morgan fingerprint density at radius 3 is 2.23 bits per heavy atom. The third kappa shape index (κ3) is 4.96. The summed E-state index contributed by atoms with van der Waals surface area (Å²) in [6, 6.07) is 17.4. The Kier molecular flexibility index (Phi) is 6.86. The van der Waals surface area contributed by atoms with Gasteiger partial charge < -0.3 is 0 Å². The summed E-state index contributed by atoms with van der Waals surface area (Å²) < 4.78 is 1.74. The highest BCUT2D eigenvalue weighted by Crippen LogP contribution is 2.33. The maximum atomic E-state index is 13.3. The Labute approximate surface area is 214 Å². The third-order valence-electron chi connectivity index (χ3n) is 6.26. The van der Waals surface area contributed by atoms with E-state index < -0.39 is 0 Å². The molecule has 8 heteroatoms. The van der Waals surface area contributed by atoms with Crippen LogP contribution < -0.4 is 5.43 Å². The molecule has 0 radical (unpaired) electrons. The fraction of sp³-hybridized carbons (Fsp3) is 0.222. The van der Waals surface area contributed by atoms with Gasteiger partial charge in [-0.05, 0) is 61.2 Å². The van der Waals surface area contributed by atoms with Crippen LogP contribution in [0.3, 0.4) is 0 Å². The average molecular weight is 506 g/mol. The lowest BCUT2D eigenvalue weighted by molar-refractivity contribution is 0.0743. The molecule has 178 valence electrons. The normalized spacial score (nSPS) is 14.1. The number of rotatable bonds is 5. The van der Waals surface area contributed by atoms with E-state index in [1.807, 2.05) is 42.3 Å². The lowest BCUT2D eigenvalue weighted by Gasteiger charge is -2.26. The monoisotopic (exact) mass is 505 g/mol. The summed E-state index contributed by atoms with van der Waals surface area (Å²) in [4.78, 5) is 17.3. The van der Waals surface area contributed by atoms with Crippen LogP contribution >= 0.6 is 23.2 Å². The van der Waals surface area contributed by atoms with Gasteiger partial charge in [0.05, 0.1) is 16.4 Å². The number of nitrogens with one attached hydrogen (secondary N) is 1. The highest BCUT2D eigenvalue weighted by Gasteiger charge is 2.25. The standard InChI is InChI=1S/C27H25Cl2N5O/c1-18-25(27(35)32-33-15-3-2-4-16-33)31-34(24-10-9-22(28)17-23(24)29)26(18)21-7-5-19(6-8-21)20-11-13-30-14-12-20/h5-14,17H,2-4,15-16H2,1H3,(H,32,35). The molecule has 2 aromatic carbocycles. The number of nitrogens with zero attached hydrogens (tertiary/aromatic N) is 4. The number of hydrogen-bond acceptors (Lipinski definition) is 4. The van der Waals surface area contributed by atoms with Crippen LogP contribution in [0, 0.1) is 6.92 Å². The van der Waals surface area contributed by atoms with Crippen molar-refractivity contribution in [2.45, 2.75) is 26.2 Å². The van der Waals surface area contributed by atoms with E-state index in [0.717, 1.165) is 53.9 Å². The summed E-state index contributed by atoms with van der Waals surface area (Å²) in [6.07, 6.45) is 6.89. The van der Waals surface area contributed by atoms with E-state index in [9.17, 15) is 4.79 Å². The van der Waals surface area contributed by atoms with E-state index in [-0.39, 0.29) is 5.91 Å². The van der Waals surface area contributed by atoms with Crippen LogP contribution in [0.15, 0.2) is 67.0 Å². The number of hydrogen-bond donors (Lipinski definition) is 1. The van der Waals surface area contributed by atoms with E-state index in [1.165, 1.54) is 6.42 Å². The van der Waals surface area contributed by atoms with Crippen molar-refractivity contribution in [3.8, 4) is 28.1 Å². The van der Waals surface area contributed by atoms with E-state index >= 15 is 0 Å². The highest BCUT2D eigenvalue weighted by molar-refractivity contribution is 6.35. The van der Waals surface area contributed by atoms with E-state index in [1.54, 1.807) is 29.2 Å². The maximum absolute atomic E-state index is 13.3. The van der Waals surface area contributed by atoms with Gasteiger partial charge in [0, 0.05) is 41.6 Å². The van der Waals surface area contributed by atoms with Gasteiger partial charge in [-0.25, -0.2) is 9.69 Å². The van der Waals surface area contributed by atoms with E-state index in [0.29, 0.717) is 21.4 Å². The first-order valence-corrected chi connectivity index (χ1v) is 12.4. The summed E-state index contributed by atoms with van der Waals surface area (Å²) in [6.45, 7) is 3.61. The molecule has 4 aromatic rings. The summed E-state index contributed by atoms with van der Waals surface area (Å²) >= 11 is 12.7. The summed E-state index contributed by atoms with van der Waals surface area (Å²) in [5.74, 6) is -0.220. The Hall–Kier alpha value is -3.19. The number of hydrazine groups is 1. The number of carbonyl (C=O) groups excluding carboxylic acids is 1. The largest absolute Gasteiger partial charge is 0.286 e. The van der Waals surface area contributed by atoms with Gasteiger partial charge in [-0.3, -0.25) is 15.2 Å². The lowest BCUT2D eigenvalue weighted by Crippen LogP contribution is -2.45. The van der Waals surface area contributed by atoms with Gasteiger partial charge in [-0.1, -0.05) is 53.9 Å². The SMILES string of the molecule is Cc1c(C(=O)NN2CCCCC2)nn(-c2ccc(Cl)cc2Cl)c1-c1ccc(-c2ccncc2)cc1. The number of amides is 1. The van der Waals surface area contributed by atoms with Crippen molar-refractivity contribution in [3.63, 3.8) is 0 Å². The number of piperidine rings is 1. The van der Waals surface area contributed by atoms with Gasteiger partial charge >= 0.3 is 0 Å². The topological polar surface area (TPSA) is 63.1 Å². The molecule has 1 aliphatic rings. The van der Waals surface area contributed by atoms with Crippen molar-refractivity contribution in [2.75, 3.05) is 13.1 Å². The molecule has 0 unspecified atom stereocenters. The molecule has 0 atom stereocenters. The first kappa shape index (κ1) is 23.5. The van der Waals surface area contributed by atoms with Crippen LogP contribution in [0.25, 0.3) is 28.1 Å². The molecule has 1 saturated heterocycles. The lowest BCUT2D eigenvalue weighted by atomic mass is 10.0. The Morgan fingerprint density at radius 1 is 0.886 bits per heavy atom. The zero-order chi connectivity index (χ0) is 24.4. The second-order valence-corrected chi connectivity index (χ2v) is 9.48. The molecule has 2 aromatic heterocycles. The smallest absolute Gasteiger partial charge is 0.283 e. The molecule has 0 aliphatic carbocycles. The number of benzene rings is 2. The van der Waals surface area contributed by atoms with Gasteiger partial charge in [0.25, 0.3) is 5.91 Å². The second kappa shape index (κ2) is 10.2. The second-order valence-electron chi connectivity index (χ2n) is 8.63. The van der Waals surface area contributed by atoms with Gasteiger partial charge in [-0.2, -0.15) is 5.10 Å². The number of carbonyl (C=O) groups is 1. The first-order chi connectivity index (χ1) is 17.0. The molecule has 6 nitrogen and oxygen atoms in total. The summed E-state index contributed by atoms with van der Waals surface area (Å²) in [7, 11) is 0. The van der Waals surface area contributed by atoms with Crippen LogP contribution in [0.4, 0.5) is 0 Å². The summed E-state index contributed by atoms with van der Waals surface area (Å²) in [5.41, 5.74) is 8.73. The van der Waals surface area contributed by atoms with E-state index in [2.05, 4.69) is 22.5 Å². The predicted molar refractivity (Wildman–Crippen MR) is 140 cm³/mol. The van der Waals surface area contributed by atoms with Gasteiger partial charge in [0.15, 0.2) is 5.69 Å². The average Bonchev–Trinajstić information content (AvgIpc) is 3.22. The van der Waals surface area contributed by atoms with Gasteiger partial charge in [0.1, 0.15) is 0 Å². The fourth-order valence-corrected chi connectivity index (χ4v) is 4.93. The predicted octanol–water partition coefficient (Wildman–Crippen LogP) is 6.35. The highest BCUT2D eigenvalue weighted by atomic mass is 35.5. The molecular formula is C27H25Cl2N5O. The zero-order valence-corrected chi connectivity index (χ0v) is 20.9. The molecule has 0 spiro atoms. The van der Waals surface area contributed by atoms with Gasteiger partial charge in [-0.15, -0.1) is 0 Å². The fourth-order valence-electron chi connectivity index (χ4n) is 4.45. The van der Waals surface area contributed by atoms with Crippen molar-refractivity contribution < 1.29 is 4.79 Å². The minimum atomic E-state index is -0.220. The van der Waals surface area contributed by atoms with Crippen molar-refractivity contribution in [3.05, 3.63) is 88.3 Å². The van der Waals surface area contributed by atoms with E-state index in [4.69, 9.17) is 28.3 Å². The number of pyridine rings is 1. The Bertz CT molecular complexity index is 1350. The van der Waals surface area contributed by atoms with Crippen LogP contribution in [0.5, 0.6) is 0 Å². The van der Waals surface area contributed by atoms with Crippen LogP contribution in [-0.2, 0) is 0 Å². The summed E-state index contributed by atoms with van der Waals surface area (Å²) in [5, 5.41) is 7.70. The molecule has 0 bridgehead atoms. The van der Waals surface area contributed by atoms with Crippen LogP contribution in [0.2, 0.25) is 10.0 Å². The van der Waals surface area contributed by atoms with Crippen LogP contribution in [0.1, 0.15) is 35.3 Å². The van der Waals surface area contributed by atoms with Crippen molar-refractivity contribution >= 4 is 29.1 Å². The van der Waals surface area contributed by atoms with Crippen molar-refractivity contribution in [2.24, 2.45) is 0 Å². The molecule has 3 heterocycles. The quantitative estimate of drug-likeness (QED) is 0.343. The molecule has 1 aliphatic heterocycles. The van der Waals surface area contributed by atoms with Crippen LogP contribution in [-0.4, -0.2) is 38.8 Å². The molecule has 0 saturated carbocycles. The van der Waals surface area contributed by atoms with Crippen molar-refractivity contribution in [1.82, 2.24) is 25.2 Å². The third-order valence-corrected chi connectivity index (χ3v) is 6.80. The first-order valence-electron chi connectivity index (χ1n) is 11.6. The van der Waals surface area contributed by atoms with Crippen molar-refractivity contribution in [1.29, 1.82) is 0 Å².